The minimum absolute atomic E-state index is 0.259. The van der Waals surface area contributed by atoms with Crippen molar-refractivity contribution in [1.29, 1.82) is 0 Å². The predicted molar refractivity (Wildman–Crippen MR) is 139 cm³/mol. The Labute approximate surface area is 213 Å². The van der Waals surface area contributed by atoms with Gasteiger partial charge in [-0.05, 0) is 48.0 Å². The zero-order valence-electron chi connectivity index (χ0n) is 20.1. The van der Waals surface area contributed by atoms with E-state index in [1.807, 2.05) is 36.2 Å². The maximum atomic E-state index is 12.8. The number of fused-ring (bicyclic) bond motifs is 1. The number of rotatable bonds is 8. The lowest BCUT2D eigenvalue weighted by Gasteiger charge is -2.23. The molecule has 0 bridgehead atoms. The molecule has 0 fully saturated rings. The second-order valence-corrected chi connectivity index (χ2v) is 9.91. The number of carbonyl (C=O) groups is 2. The van der Waals surface area contributed by atoms with Crippen molar-refractivity contribution >= 4 is 40.6 Å². The van der Waals surface area contributed by atoms with Gasteiger partial charge in [0, 0.05) is 40.5 Å². The number of benzene rings is 3. The summed E-state index contributed by atoms with van der Waals surface area (Å²) in [6, 6.07) is 21.2. The zero-order chi connectivity index (χ0) is 25.9. The van der Waals surface area contributed by atoms with E-state index in [0.717, 1.165) is 16.9 Å². The van der Waals surface area contributed by atoms with Crippen molar-refractivity contribution < 1.29 is 23.1 Å². The van der Waals surface area contributed by atoms with Crippen LogP contribution in [0.25, 0.3) is 0 Å². The summed E-state index contributed by atoms with van der Waals surface area (Å²) in [6.45, 7) is 3.72. The average Bonchev–Trinajstić information content (AvgIpc) is 3.04. The molecule has 0 radical (unpaired) electrons. The summed E-state index contributed by atoms with van der Waals surface area (Å²) in [5.41, 5.74) is 4.01. The number of nitrogens with zero attached hydrogens (tertiary/aromatic N) is 1. The fraction of sp³-hybridized carbons (Fsp3) is 0.214. The highest BCUT2D eigenvalue weighted by Crippen LogP contribution is 2.46. The summed E-state index contributed by atoms with van der Waals surface area (Å²) < 4.78 is 30.4. The van der Waals surface area contributed by atoms with Crippen LogP contribution in [0.15, 0.2) is 89.5 Å². The summed E-state index contributed by atoms with van der Waals surface area (Å²) >= 11 is 0.463. The van der Waals surface area contributed by atoms with Crippen molar-refractivity contribution in [2.24, 2.45) is 0 Å². The van der Waals surface area contributed by atoms with E-state index in [9.17, 15) is 18.4 Å². The summed E-state index contributed by atoms with van der Waals surface area (Å²) in [5.74, 6) is -3.45. The van der Waals surface area contributed by atoms with E-state index in [-0.39, 0.29) is 16.8 Å². The Morgan fingerprint density at radius 3 is 2.39 bits per heavy atom. The van der Waals surface area contributed by atoms with Crippen LogP contribution in [0.3, 0.4) is 0 Å². The van der Waals surface area contributed by atoms with E-state index in [4.69, 9.17) is 4.74 Å². The van der Waals surface area contributed by atoms with Gasteiger partial charge in [-0.25, -0.2) is 4.79 Å². The molecule has 0 amide bonds. The lowest BCUT2D eigenvalue weighted by molar-refractivity contribution is -0.117. The Balaban J connectivity index is 1.43. The molecule has 1 heterocycles. The standard InChI is InChI=1S/C28H26F2N2O3S/c1-28(2)22-9-5-7-11-24(22)32(3)25(28)16-19(33)17-35-26(34)21-8-4-6-10-23(21)31-18-12-14-20(15-13-18)36-27(29)30/h4-16,27,31H,17H2,1-3H3. The summed E-state index contributed by atoms with van der Waals surface area (Å²) in [4.78, 5) is 28.0. The fourth-order valence-corrected chi connectivity index (χ4v) is 4.81. The Hall–Kier alpha value is -3.65. The molecular weight excluding hydrogens is 482 g/mol. The third-order valence-electron chi connectivity index (χ3n) is 6.09. The van der Waals surface area contributed by atoms with Crippen LogP contribution in [0.2, 0.25) is 0 Å². The highest BCUT2D eigenvalue weighted by molar-refractivity contribution is 7.99. The van der Waals surface area contributed by atoms with E-state index < -0.39 is 18.3 Å². The van der Waals surface area contributed by atoms with Crippen LogP contribution in [-0.2, 0) is 14.9 Å². The lowest BCUT2D eigenvalue weighted by Crippen LogP contribution is -2.25. The van der Waals surface area contributed by atoms with Crippen LogP contribution in [0, 0.1) is 0 Å². The van der Waals surface area contributed by atoms with E-state index in [0.29, 0.717) is 28.0 Å². The molecule has 4 rings (SSSR count). The molecule has 1 N–H and O–H groups in total. The Kier molecular flexibility index (Phi) is 7.45. The van der Waals surface area contributed by atoms with Crippen molar-refractivity contribution in [3.8, 4) is 0 Å². The number of carbonyl (C=O) groups excluding carboxylic acids is 2. The highest BCUT2D eigenvalue weighted by Gasteiger charge is 2.38. The number of hydrogen-bond acceptors (Lipinski definition) is 6. The van der Waals surface area contributed by atoms with Gasteiger partial charge in [-0.3, -0.25) is 4.79 Å². The first kappa shape index (κ1) is 25.4. The third-order valence-corrected chi connectivity index (χ3v) is 6.81. The van der Waals surface area contributed by atoms with Gasteiger partial charge in [0.25, 0.3) is 5.76 Å². The molecule has 1 aliphatic heterocycles. The van der Waals surface area contributed by atoms with Crippen LogP contribution in [0.5, 0.6) is 0 Å². The molecule has 3 aromatic rings. The number of halogens is 2. The number of anilines is 3. The number of hydrogen-bond donors (Lipinski definition) is 1. The van der Waals surface area contributed by atoms with Crippen molar-refractivity contribution in [3.05, 3.63) is 95.7 Å². The summed E-state index contributed by atoms with van der Waals surface area (Å²) in [5, 5.41) is 3.11. The van der Waals surface area contributed by atoms with E-state index in [1.54, 1.807) is 48.5 Å². The molecule has 36 heavy (non-hydrogen) atoms. The molecule has 0 saturated heterocycles. The second-order valence-electron chi connectivity index (χ2n) is 8.85. The van der Waals surface area contributed by atoms with E-state index in [2.05, 4.69) is 19.2 Å². The van der Waals surface area contributed by atoms with Gasteiger partial charge < -0.3 is 15.0 Å². The lowest BCUT2D eigenvalue weighted by atomic mass is 9.83. The van der Waals surface area contributed by atoms with E-state index >= 15 is 0 Å². The minimum Gasteiger partial charge on any atom is -0.454 e. The topological polar surface area (TPSA) is 58.6 Å². The average molecular weight is 509 g/mol. The van der Waals surface area contributed by atoms with E-state index in [1.165, 1.54) is 6.08 Å². The van der Waals surface area contributed by atoms with Crippen molar-refractivity contribution in [3.63, 3.8) is 0 Å². The molecule has 5 nitrogen and oxygen atoms in total. The Morgan fingerprint density at radius 2 is 1.69 bits per heavy atom. The fourth-order valence-electron chi connectivity index (χ4n) is 4.31. The van der Waals surface area contributed by atoms with Gasteiger partial charge in [0.05, 0.1) is 11.3 Å². The highest BCUT2D eigenvalue weighted by atomic mass is 32.2. The number of likely N-dealkylation sites (N-methyl/N-ethyl adjacent to an activating group) is 1. The molecule has 8 heteroatoms. The quantitative estimate of drug-likeness (QED) is 0.206. The summed E-state index contributed by atoms with van der Waals surface area (Å²) in [7, 11) is 1.92. The molecule has 1 aliphatic rings. The van der Waals surface area contributed by atoms with Gasteiger partial charge in [-0.15, -0.1) is 0 Å². The minimum atomic E-state index is -2.49. The zero-order valence-corrected chi connectivity index (χ0v) is 20.9. The molecule has 3 aromatic carbocycles. The number of nitrogens with one attached hydrogen (secondary N) is 1. The molecule has 0 unspecified atom stereocenters. The SMILES string of the molecule is CN1C(=CC(=O)COC(=O)c2ccccc2Nc2ccc(SC(F)F)cc2)C(C)(C)c2ccccc21. The van der Waals surface area contributed by atoms with Crippen LogP contribution < -0.4 is 10.2 Å². The second kappa shape index (κ2) is 10.5. The molecule has 0 aliphatic carbocycles. The maximum Gasteiger partial charge on any atom is 0.340 e. The number of para-hydroxylation sites is 2. The number of esters is 1. The maximum absolute atomic E-state index is 12.8. The van der Waals surface area contributed by atoms with Gasteiger partial charge >= 0.3 is 5.97 Å². The first-order valence-electron chi connectivity index (χ1n) is 11.3. The van der Waals surface area contributed by atoms with Gasteiger partial charge in [0.1, 0.15) is 0 Å². The largest absolute Gasteiger partial charge is 0.454 e. The first-order chi connectivity index (χ1) is 17.2. The monoisotopic (exact) mass is 508 g/mol. The molecule has 0 spiro atoms. The predicted octanol–water partition coefficient (Wildman–Crippen LogP) is 6.78. The van der Waals surface area contributed by atoms with Crippen molar-refractivity contribution in [2.75, 3.05) is 23.9 Å². The molecule has 0 saturated carbocycles. The smallest absolute Gasteiger partial charge is 0.340 e. The van der Waals surface area contributed by atoms with Crippen LogP contribution in [0.4, 0.5) is 25.8 Å². The van der Waals surface area contributed by atoms with Crippen LogP contribution >= 0.6 is 11.8 Å². The Bertz CT molecular complexity index is 1310. The van der Waals surface area contributed by atoms with Crippen molar-refractivity contribution in [2.45, 2.75) is 29.9 Å². The molecule has 0 atom stereocenters. The number of ketones is 1. The van der Waals surface area contributed by atoms with Gasteiger partial charge in [0.15, 0.2) is 12.4 Å². The number of allylic oxidation sites excluding steroid dienone is 1. The number of thioether (sulfide) groups is 1. The molecule has 186 valence electrons. The van der Waals surface area contributed by atoms with Gasteiger partial charge in [-0.1, -0.05) is 55.9 Å². The Morgan fingerprint density at radius 1 is 1.03 bits per heavy atom. The first-order valence-corrected chi connectivity index (χ1v) is 12.2. The number of alkyl halides is 2. The van der Waals surface area contributed by atoms with Crippen LogP contribution in [-0.4, -0.2) is 31.2 Å². The summed E-state index contributed by atoms with van der Waals surface area (Å²) in [6.07, 6.45) is 1.54. The van der Waals surface area contributed by atoms with Gasteiger partial charge in [0.2, 0.25) is 0 Å². The van der Waals surface area contributed by atoms with Crippen molar-refractivity contribution in [1.82, 2.24) is 0 Å². The number of ether oxygens (including phenoxy) is 1. The third kappa shape index (κ3) is 5.44. The van der Waals surface area contributed by atoms with Crippen LogP contribution in [0.1, 0.15) is 29.8 Å². The molecule has 0 aromatic heterocycles. The molecular formula is C28H26F2N2O3S. The normalized spacial score (nSPS) is 15.2. The van der Waals surface area contributed by atoms with Gasteiger partial charge in [-0.2, -0.15) is 8.78 Å².